The Labute approximate surface area is 557 Å². The van der Waals surface area contributed by atoms with Crippen LogP contribution in [0.3, 0.4) is 0 Å². The Morgan fingerprint density at radius 1 is 0.443 bits per heavy atom. The molecule has 504 valence electrons. The largest absolute Gasteiger partial charge is 0.480 e. The number of ether oxygens (including phenoxy) is 1. The van der Waals surface area contributed by atoms with Gasteiger partial charge in [0.1, 0.15) is 34.7 Å². The minimum absolute atomic E-state index is 0.0674. The van der Waals surface area contributed by atoms with Gasteiger partial charge >= 0.3 is 36.4 Å². The summed E-state index contributed by atoms with van der Waals surface area (Å²) in [5.41, 5.74) is -2.29. The van der Waals surface area contributed by atoms with E-state index in [1.54, 1.807) is 32.3 Å². The number of carbonyl (C=O) groups is 6. The van der Waals surface area contributed by atoms with E-state index in [9.17, 15) is 82.7 Å². The second kappa shape index (κ2) is 28.8. The van der Waals surface area contributed by atoms with E-state index >= 15 is 0 Å². The first-order valence-corrected chi connectivity index (χ1v) is 32.7. The Morgan fingerprint density at radius 2 is 0.722 bits per heavy atom. The van der Waals surface area contributed by atoms with Crippen LogP contribution >= 0.6 is 68.0 Å². The van der Waals surface area contributed by atoms with Crippen molar-refractivity contribution in [1.29, 1.82) is 0 Å². The molecule has 0 aliphatic carbocycles. The van der Waals surface area contributed by atoms with E-state index in [-0.39, 0.29) is 73.4 Å². The molecular weight excluding hydrogens is 1420 g/mol. The van der Waals surface area contributed by atoms with Crippen LogP contribution in [0.4, 0.5) is 39.5 Å². The number of rotatable bonds is 18. The van der Waals surface area contributed by atoms with Gasteiger partial charge in [-0.15, -0.1) is 34.0 Å². The summed E-state index contributed by atoms with van der Waals surface area (Å²) in [5.74, 6) is -4.62. The maximum absolute atomic E-state index is 13.0. The number of esters is 1. The van der Waals surface area contributed by atoms with Gasteiger partial charge in [-0.05, 0) is 54.6 Å². The standard InChI is InChI=1S/C20H15F3N4O4S2.2C19H13F3N4O4S2/c1-31-18(29)6-24-16(28)5-13-11-8-32-9-12(11)19(30)27(26-13)7-17-25-14-4-10(20(21,22)23)2-3-15(14)33-17;2*20-19(21,22)9-1-2-14-13(3-9)24-16(32-14)6-26-18(30)11-8-31-7-10(11)12(25-26)4-15(27)23-5-17(28)29/h2-4,8-9H,5-7H2,1H3,(H,24,28);2*1-3,7-8H,4-6H2,(H,23,27)(H,28,29). The Morgan fingerprint density at radius 3 is 0.990 bits per heavy atom. The number of hydrogen-bond donors (Lipinski definition) is 5. The summed E-state index contributed by atoms with van der Waals surface area (Å²) < 4.78 is 126. The molecule has 0 bridgehead atoms. The topological polar surface area (TPSA) is 332 Å². The molecule has 3 aromatic carbocycles. The average Bonchev–Trinajstić information content (AvgIpc) is 1.71. The molecule has 0 aliphatic heterocycles. The lowest BCUT2D eigenvalue weighted by Crippen LogP contribution is -2.32. The van der Waals surface area contributed by atoms with Gasteiger partial charge < -0.3 is 30.9 Å². The number of alkyl halides is 9. The van der Waals surface area contributed by atoms with Gasteiger partial charge in [0.2, 0.25) is 17.7 Å². The Kier molecular flexibility index (Phi) is 20.7. The number of nitrogens with zero attached hydrogens (tertiary/aromatic N) is 9. The fourth-order valence-electron chi connectivity index (χ4n) is 9.20. The van der Waals surface area contributed by atoms with Gasteiger partial charge in [-0.1, -0.05) is 0 Å². The number of amides is 3. The first-order chi connectivity index (χ1) is 45.9. The highest BCUT2D eigenvalue weighted by molar-refractivity contribution is 7.19. The SMILES string of the molecule is COC(=O)CNC(=O)Cc1nn(Cc2nc3cc(C(F)(F)F)ccc3s2)c(=O)c2cscc12.O=C(O)CNC(=O)Cc1nn(Cc2nc3cc(C(F)(F)F)ccc3s2)c(=O)c2cscc12.O=C(O)CNC(=O)Cc1nn(Cc2nc3cc(C(F)(F)F)ccc3s2)c(=O)c2cscc12. The summed E-state index contributed by atoms with van der Waals surface area (Å²) in [5, 5.41) is 50.7. The molecule has 0 saturated carbocycles. The van der Waals surface area contributed by atoms with Crippen LogP contribution in [0.5, 0.6) is 0 Å². The molecule has 9 heterocycles. The highest BCUT2D eigenvalue weighted by Gasteiger charge is 2.33. The maximum Gasteiger partial charge on any atom is 0.416 e. The molecule has 97 heavy (non-hydrogen) atoms. The molecule has 12 aromatic rings. The van der Waals surface area contributed by atoms with E-state index in [4.69, 9.17) is 10.2 Å². The van der Waals surface area contributed by atoms with Crippen LogP contribution in [-0.4, -0.2) is 117 Å². The van der Waals surface area contributed by atoms with Gasteiger partial charge in [0.15, 0.2) is 0 Å². The lowest BCUT2D eigenvalue weighted by Gasteiger charge is -2.08. The number of carbonyl (C=O) groups excluding carboxylic acids is 4. The lowest BCUT2D eigenvalue weighted by atomic mass is 10.2. The van der Waals surface area contributed by atoms with Crippen LogP contribution in [0, 0.1) is 0 Å². The van der Waals surface area contributed by atoms with Gasteiger partial charge in [0.25, 0.3) is 16.7 Å². The number of thiophene rings is 3. The van der Waals surface area contributed by atoms with E-state index < -0.39 is 101 Å². The Bertz CT molecular complexity index is 5050. The third kappa shape index (κ3) is 16.8. The van der Waals surface area contributed by atoms with Crippen LogP contribution in [0.2, 0.25) is 0 Å². The molecule has 12 rings (SSSR count). The first-order valence-electron chi connectivity index (χ1n) is 27.5. The van der Waals surface area contributed by atoms with Crippen molar-refractivity contribution in [2.24, 2.45) is 0 Å². The number of fused-ring (bicyclic) bond motifs is 6. The van der Waals surface area contributed by atoms with Crippen molar-refractivity contribution in [3.8, 4) is 0 Å². The molecule has 39 heteroatoms. The molecule has 5 N–H and O–H groups in total. The highest BCUT2D eigenvalue weighted by atomic mass is 32.1. The monoisotopic (exact) mass is 1460 g/mol. The van der Waals surface area contributed by atoms with Crippen molar-refractivity contribution in [2.75, 3.05) is 26.7 Å². The van der Waals surface area contributed by atoms with Crippen molar-refractivity contribution >= 4 is 167 Å². The summed E-state index contributed by atoms with van der Waals surface area (Å²) in [4.78, 5) is 120. The van der Waals surface area contributed by atoms with Crippen molar-refractivity contribution < 1.29 is 83.2 Å². The Hall–Kier alpha value is -9.96. The number of aromatic nitrogens is 9. The number of methoxy groups -OCH3 is 1. The van der Waals surface area contributed by atoms with Crippen molar-refractivity contribution in [2.45, 2.75) is 57.4 Å². The molecule has 0 spiro atoms. The van der Waals surface area contributed by atoms with E-state index in [0.717, 1.165) is 84.5 Å². The minimum Gasteiger partial charge on any atom is -0.480 e. The third-order valence-corrected chi connectivity index (χ3v) is 19.0. The van der Waals surface area contributed by atoms with Crippen LogP contribution in [0.15, 0.2) is 101 Å². The average molecular weight is 1460 g/mol. The van der Waals surface area contributed by atoms with Gasteiger partial charge in [-0.2, -0.15) is 88.8 Å². The molecule has 0 saturated heterocycles. The highest BCUT2D eigenvalue weighted by Crippen LogP contribution is 2.36. The molecule has 24 nitrogen and oxygen atoms in total. The quantitative estimate of drug-likeness (QED) is 0.0396. The number of nitrogens with one attached hydrogen (secondary N) is 3. The summed E-state index contributed by atoms with van der Waals surface area (Å²) in [6.45, 7) is -1.63. The fraction of sp³-hybridized carbons (Fsp3) is 0.224. The molecule has 0 atom stereocenters. The molecular formula is C58H41F9N12O12S6. The second-order valence-corrected chi connectivity index (χ2v) is 26.0. The van der Waals surface area contributed by atoms with Crippen molar-refractivity contribution in [3.63, 3.8) is 0 Å². The van der Waals surface area contributed by atoms with Crippen LogP contribution in [0.1, 0.15) is 48.8 Å². The normalized spacial score (nSPS) is 11.8. The van der Waals surface area contributed by atoms with Crippen molar-refractivity contribution in [3.05, 3.63) is 167 Å². The molecule has 9 aromatic heterocycles. The Balaban J connectivity index is 0.000000158. The number of benzene rings is 3. The molecule has 0 radical (unpaired) electrons. The summed E-state index contributed by atoms with van der Waals surface area (Å²) in [6, 6.07) is 9.79. The van der Waals surface area contributed by atoms with E-state index in [1.807, 2.05) is 0 Å². The van der Waals surface area contributed by atoms with E-state index in [1.165, 1.54) is 59.3 Å². The van der Waals surface area contributed by atoms with E-state index in [2.05, 4.69) is 50.9 Å². The smallest absolute Gasteiger partial charge is 0.416 e. The summed E-state index contributed by atoms with van der Waals surface area (Å²) >= 11 is 7.21. The maximum atomic E-state index is 13.0. The number of halogens is 9. The fourth-order valence-corrected chi connectivity index (χ4v) is 14.5. The van der Waals surface area contributed by atoms with Gasteiger partial charge in [0, 0.05) is 48.4 Å². The molecule has 0 aliphatic rings. The van der Waals surface area contributed by atoms with Crippen molar-refractivity contribution in [1.82, 2.24) is 60.2 Å². The number of aliphatic carboxylic acids is 2. The zero-order valence-electron chi connectivity index (χ0n) is 48.9. The molecule has 3 amide bonds. The van der Waals surface area contributed by atoms with Gasteiger partial charge in [-0.3, -0.25) is 43.2 Å². The predicted octanol–water partition coefficient (Wildman–Crippen LogP) is 8.72. The lowest BCUT2D eigenvalue weighted by molar-refractivity contribution is -0.141. The van der Waals surface area contributed by atoms with Crippen LogP contribution in [-0.2, 0) is 90.9 Å². The molecule has 0 unspecified atom stereocenters. The summed E-state index contributed by atoms with van der Waals surface area (Å²) in [7, 11) is 1.20. The zero-order valence-corrected chi connectivity index (χ0v) is 53.8. The minimum atomic E-state index is -4.49. The van der Waals surface area contributed by atoms with E-state index in [0.29, 0.717) is 67.1 Å². The predicted molar refractivity (Wildman–Crippen MR) is 340 cm³/mol. The van der Waals surface area contributed by atoms with Gasteiger partial charge in [-0.25, -0.2) is 29.0 Å². The molecule has 0 fully saturated rings. The first kappa shape index (κ1) is 69.9. The number of thiazole rings is 3. The zero-order chi connectivity index (χ0) is 69.8. The summed E-state index contributed by atoms with van der Waals surface area (Å²) in [6.07, 6.45) is -14.1. The number of carboxylic acid groups (broad SMARTS) is 2. The van der Waals surface area contributed by atoms with Crippen LogP contribution in [0.25, 0.3) is 63.0 Å². The third-order valence-electron chi connectivity index (χ3n) is 13.7. The second-order valence-electron chi connectivity index (χ2n) is 20.4. The van der Waals surface area contributed by atoms with Crippen LogP contribution < -0.4 is 32.6 Å². The number of carboxylic acids is 2. The van der Waals surface area contributed by atoms with Gasteiger partial charge in [0.05, 0.1) is 127 Å². The number of hydrogen-bond acceptors (Lipinski definition) is 22.